The molecule has 0 fully saturated rings. The molecule has 4 amide bonds. The normalized spacial score (nSPS) is 14.7. The second kappa shape index (κ2) is 25.0. The number of Topliss-reactive ketones (excluding diaryl/α,β-unsaturated/α-hetero) is 1. The van der Waals surface area contributed by atoms with E-state index in [9.17, 15) is 53.0 Å². The van der Waals surface area contributed by atoms with Crippen LogP contribution in [0.4, 0.5) is 9.18 Å². The maximum Gasteiger partial charge on any atom is 0.410 e. The van der Waals surface area contributed by atoms with Crippen molar-refractivity contribution in [2.45, 2.75) is 189 Å². The third kappa shape index (κ3) is 18.4. The van der Waals surface area contributed by atoms with Gasteiger partial charge in [0.05, 0.1) is 12.0 Å². The number of carbonyl (C=O) groups is 8. The van der Waals surface area contributed by atoms with Crippen LogP contribution in [-0.2, 0) is 55.5 Å². The Labute approximate surface area is 419 Å². The van der Waals surface area contributed by atoms with Crippen molar-refractivity contribution in [3.05, 3.63) is 47.4 Å². The Morgan fingerprint density at radius 1 is 0.789 bits per heavy atom. The summed E-state index contributed by atoms with van der Waals surface area (Å²) in [7, 11) is 4.75. The molecule has 2 aromatic rings. The van der Waals surface area contributed by atoms with Crippen molar-refractivity contribution < 1.29 is 62.4 Å². The number of halogens is 1. The van der Waals surface area contributed by atoms with Crippen molar-refractivity contribution in [3.63, 3.8) is 0 Å². The highest BCUT2D eigenvalue weighted by Crippen LogP contribution is 2.38. The van der Waals surface area contributed by atoms with Gasteiger partial charge in [-0.15, -0.1) is 0 Å². The largest absolute Gasteiger partial charge is 0.481 e. The molecule has 0 radical (unpaired) electrons. The second-order valence-corrected chi connectivity index (χ2v) is 22.7. The van der Waals surface area contributed by atoms with Crippen LogP contribution >= 0.6 is 0 Å². The van der Waals surface area contributed by atoms with Crippen molar-refractivity contribution in [2.75, 3.05) is 14.1 Å². The lowest BCUT2D eigenvalue weighted by atomic mass is 9.76. The molecular weight excluding hydrogens is 918 g/mol. The molecule has 0 aliphatic heterocycles. The Balaban J connectivity index is 2.33. The van der Waals surface area contributed by atoms with Gasteiger partial charge in [-0.2, -0.15) is 0 Å². The minimum atomic E-state index is -1.49. The Morgan fingerprint density at radius 2 is 1.38 bits per heavy atom. The lowest BCUT2D eigenvalue weighted by Gasteiger charge is -2.42. The summed E-state index contributed by atoms with van der Waals surface area (Å²) in [6, 6.07) is -0.408. The lowest BCUT2D eigenvalue weighted by Crippen LogP contribution is -2.63. The first kappa shape index (κ1) is 61.3. The SMILES string of the molecule is C/C(=C\[C@H](C(C)C)N(C)C(=O)[C@@H](NC(=O)[C@@H](N(C)C(=O)OC(C)(C)C)C(C)(C)c1cn(C)c2ccc(F)cc12)C(C)(C)C)C(=O)N[C@H](CCC(=O)C[C@@H](CCCCCC(=O)OC(C)(C)C)C(=O)O)C(=O)O. The number of likely N-dealkylation sites (N-methyl/N-ethyl adjacent to an activating group) is 2. The van der Waals surface area contributed by atoms with E-state index in [4.69, 9.17) is 9.47 Å². The molecule has 1 aromatic heterocycles. The average molecular weight is 1000 g/mol. The van der Waals surface area contributed by atoms with E-state index in [-0.39, 0.29) is 49.6 Å². The van der Waals surface area contributed by atoms with Crippen molar-refractivity contribution in [1.29, 1.82) is 0 Å². The topological polar surface area (TPSA) is 231 Å². The quantitative estimate of drug-likeness (QED) is 0.0444. The van der Waals surface area contributed by atoms with Gasteiger partial charge in [0.1, 0.15) is 40.9 Å². The molecule has 1 heterocycles. The van der Waals surface area contributed by atoms with E-state index in [0.29, 0.717) is 35.7 Å². The van der Waals surface area contributed by atoms with Crippen molar-refractivity contribution in [3.8, 4) is 0 Å². The number of amides is 4. The maximum absolute atomic E-state index is 14.9. The highest BCUT2D eigenvalue weighted by atomic mass is 19.1. The van der Waals surface area contributed by atoms with Crippen LogP contribution in [0.2, 0.25) is 0 Å². The number of nitrogens with zero attached hydrogens (tertiary/aromatic N) is 3. The number of rotatable bonds is 24. The van der Waals surface area contributed by atoms with E-state index in [1.807, 2.05) is 13.8 Å². The van der Waals surface area contributed by atoms with Crippen LogP contribution in [0.25, 0.3) is 10.9 Å². The number of carboxylic acids is 2. The average Bonchev–Trinajstić information content (AvgIpc) is 3.55. The summed E-state index contributed by atoms with van der Waals surface area (Å²) in [6.07, 6.45) is 3.47. The Hall–Kier alpha value is -5.81. The Kier molecular flexibility index (Phi) is 21.6. The number of carboxylic acid groups (broad SMARTS) is 2. The number of benzene rings is 1. The van der Waals surface area contributed by atoms with Crippen LogP contribution in [0.1, 0.15) is 154 Å². The number of esters is 1. The molecule has 1 aromatic carbocycles. The molecule has 0 aliphatic rings. The zero-order chi connectivity index (χ0) is 54.7. The predicted molar refractivity (Wildman–Crippen MR) is 269 cm³/mol. The smallest absolute Gasteiger partial charge is 0.410 e. The van der Waals surface area contributed by atoms with Crippen LogP contribution in [0.15, 0.2) is 36.0 Å². The van der Waals surface area contributed by atoms with E-state index in [1.54, 1.807) is 100 Å². The van der Waals surface area contributed by atoms with Gasteiger partial charge in [0.15, 0.2) is 0 Å². The predicted octanol–water partition coefficient (Wildman–Crippen LogP) is 8.09. The van der Waals surface area contributed by atoms with Crippen molar-refractivity contribution in [2.24, 2.45) is 24.3 Å². The molecule has 18 heteroatoms. The molecule has 0 unspecified atom stereocenters. The zero-order valence-electron chi connectivity index (χ0n) is 45.2. The van der Waals surface area contributed by atoms with Gasteiger partial charge in [0, 0.05) is 68.5 Å². The summed E-state index contributed by atoms with van der Waals surface area (Å²) >= 11 is 0. The van der Waals surface area contributed by atoms with Gasteiger partial charge >= 0.3 is 24.0 Å². The molecule has 17 nitrogen and oxygen atoms in total. The minimum Gasteiger partial charge on any atom is -0.481 e. The van der Waals surface area contributed by atoms with Gasteiger partial charge < -0.3 is 39.8 Å². The van der Waals surface area contributed by atoms with E-state index in [0.717, 1.165) is 0 Å². The number of aliphatic carboxylic acids is 2. The molecule has 398 valence electrons. The van der Waals surface area contributed by atoms with Gasteiger partial charge in [0.25, 0.3) is 0 Å². The van der Waals surface area contributed by atoms with E-state index < -0.39 is 99.5 Å². The summed E-state index contributed by atoms with van der Waals surface area (Å²) in [5.41, 5.74) is -2.31. The Bertz CT molecular complexity index is 2280. The number of fused-ring (bicyclic) bond motifs is 1. The summed E-state index contributed by atoms with van der Waals surface area (Å²) < 4.78 is 27.5. The first-order chi connectivity index (χ1) is 32.4. The van der Waals surface area contributed by atoms with Crippen molar-refractivity contribution in [1.82, 2.24) is 25.0 Å². The van der Waals surface area contributed by atoms with Gasteiger partial charge in [-0.1, -0.05) is 67.4 Å². The van der Waals surface area contributed by atoms with Gasteiger partial charge in [-0.25, -0.2) is 14.0 Å². The van der Waals surface area contributed by atoms with Crippen LogP contribution in [0, 0.1) is 23.1 Å². The monoisotopic (exact) mass is 1000 g/mol. The fraction of sp³-hybridized carbons (Fsp3) is 0.660. The number of aromatic nitrogens is 1. The number of ketones is 1. The van der Waals surface area contributed by atoms with Crippen LogP contribution in [0.5, 0.6) is 0 Å². The molecule has 0 saturated carbocycles. The van der Waals surface area contributed by atoms with Gasteiger partial charge in [-0.05, 0) is 103 Å². The van der Waals surface area contributed by atoms with Gasteiger partial charge in [0.2, 0.25) is 17.7 Å². The van der Waals surface area contributed by atoms with E-state index >= 15 is 0 Å². The number of carbonyl (C=O) groups excluding carboxylic acids is 6. The summed E-state index contributed by atoms with van der Waals surface area (Å²) in [5, 5.41) is 25.7. The molecular formula is C53H82FN5O12. The molecule has 71 heavy (non-hydrogen) atoms. The van der Waals surface area contributed by atoms with Crippen LogP contribution < -0.4 is 10.6 Å². The minimum absolute atomic E-state index is 0.0715. The summed E-state index contributed by atoms with van der Waals surface area (Å²) in [5.74, 6) is -7.16. The third-order valence-electron chi connectivity index (χ3n) is 12.3. The first-order valence-electron chi connectivity index (χ1n) is 24.4. The number of hydrogen-bond acceptors (Lipinski definition) is 10. The fourth-order valence-corrected chi connectivity index (χ4v) is 8.51. The number of hydrogen-bond donors (Lipinski definition) is 4. The number of unbranched alkanes of at least 4 members (excludes halogenated alkanes) is 2. The molecule has 0 aliphatic carbocycles. The third-order valence-corrected chi connectivity index (χ3v) is 12.3. The molecule has 4 N–H and O–H groups in total. The van der Waals surface area contributed by atoms with E-state index in [2.05, 4.69) is 10.6 Å². The lowest BCUT2D eigenvalue weighted by molar-refractivity contribution is -0.155. The highest BCUT2D eigenvalue weighted by molar-refractivity contribution is 5.97. The number of aryl methyl sites for hydroxylation is 1. The summed E-state index contributed by atoms with van der Waals surface area (Å²) in [4.78, 5) is 109. The standard InChI is InChI=1S/C53H82FN5O12/c1-31(2)40(27-32(3)44(62)55-38(48(67)68)25-24-35(60)28-33(47(65)66)21-19-18-20-22-41(61)70-51(7,8)9)58(16)46(64)42(50(4,5)6)56-45(63)43(59(17)49(69)71-52(10,11)12)53(13,14)37-30-57(15)39-26-23-34(54)29-36(37)39/h23,26-27,29-31,33,38,40,42-43H,18-22,24-25,28H2,1-17H3,(H,55,62)(H,56,63)(H,65,66)(H,67,68)/b32-27+/t33-,38-,40-,42-,43-/m1/s1. The van der Waals surface area contributed by atoms with E-state index in [1.165, 1.54) is 49.0 Å². The molecule has 5 atom stereocenters. The molecule has 0 bridgehead atoms. The number of ether oxygens (including phenoxy) is 2. The molecule has 0 spiro atoms. The molecule has 0 saturated heterocycles. The maximum atomic E-state index is 14.9. The second-order valence-electron chi connectivity index (χ2n) is 22.7. The zero-order valence-corrected chi connectivity index (χ0v) is 45.2. The van der Waals surface area contributed by atoms with Gasteiger partial charge in [-0.3, -0.25) is 33.7 Å². The van der Waals surface area contributed by atoms with Crippen LogP contribution in [0.3, 0.4) is 0 Å². The number of nitrogens with one attached hydrogen (secondary N) is 2. The highest BCUT2D eigenvalue weighted by Gasteiger charge is 2.47. The van der Waals surface area contributed by atoms with Crippen LogP contribution in [-0.4, -0.2) is 122 Å². The van der Waals surface area contributed by atoms with Crippen molar-refractivity contribution >= 4 is 58.4 Å². The fourth-order valence-electron chi connectivity index (χ4n) is 8.51. The summed E-state index contributed by atoms with van der Waals surface area (Å²) in [6.45, 7) is 24.3. The Morgan fingerprint density at radius 3 is 1.90 bits per heavy atom. The molecule has 2 rings (SSSR count). The first-order valence-corrected chi connectivity index (χ1v) is 24.4.